The summed E-state index contributed by atoms with van der Waals surface area (Å²) in [5.41, 5.74) is 1.99. The molecule has 2 aromatic carbocycles. The van der Waals surface area contributed by atoms with Gasteiger partial charge < -0.3 is 19.5 Å². The van der Waals surface area contributed by atoms with E-state index in [9.17, 15) is 9.59 Å². The Kier molecular flexibility index (Phi) is 6.00. The molecule has 0 fully saturated rings. The summed E-state index contributed by atoms with van der Waals surface area (Å²) in [7, 11) is 3.09. The van der Waals surface area contributed by atoms with Crippen LogP contribution < -0.4 is 19.5 Å². The van der Waals surface area contributed by atoms with Crippen molar-refractivity contribution in [3.05, 3.63) is 47.5 Å². The van der Waals surface area contributed by atoms with Gasteiger partial charge in [-0.2, -0.15) is 0 Å². The minimum atomic E-state index is -0.316. The number of methoxy groups -OCH3 is 2. The largest absolute Gasteiger partial charge is 0.493 e. The van der Waals surface area contributed by atoms with Gasteiger partial charge in [-0.1, -0.05) is 12.1 Å². The minimum Gasteiger partial charge on any atom is -0.493 e. The first-order chi connectivity index (χ1) is 11.9. The highest BCUT2D eigenvalue weighted by Gasteiger charge is 2.12. The Morgan fingerprint density at radius 3 is 2.36 bits per heavy atom. The molecular weight excluding hydrogens is 322 g/mol. The van der Waals surface area contributed by atoms with Crippen molar-refractivity contribution in [2.24, 2.45) is 0 Å². The van der Waals surface area contributed by atoms with Crippen molar-refractivity contribution in [1.29, 1.82) is 0 Å². The number of aryl methyl sites for hydroxylation is 1. The predicted octanol–water partition coefficient (Wildman–Crippen LogP) is 3.23. The van der Waals surface area contributed by atoms with Gasteiger partial charge in [-0.05, 0) is 37.6 Å². The fourth-order valence-corrected chi connectivity index (χ4v) is 2.26. The van der Waals surface area contributed by atoms with E-state index >= 15 is 0 Å². The van der Waals surface area contributed by atoms with Crippen molar-refractivity contribution in [2.75, 3.05) is 26.1 Å². The number of benzene rings is 2. The second-order valence-electron chi connectivity index (χ2n) is 5.44. The van der Waals surface area contributed by atoms with Gasteiger partial charge >= 0.3 is 0 Å². The Hall–Kier alpha value is -3.02. The Bertz CT molecular complexity index is 785. The minimum absolute atomic E-state index is 0.0594. The SMILES string of the molecule is COc1cc(C)c(NC(=O)COc2cccc(C(C)=O)c2)cc1OC. The van der Waals surface area contributed by atoms with Crippen molar-refractivity contribution >= 4 is 17.4 Å². The number of carbonyl (C=O) groups excluding carboxylic acids is 2. The van der Waals surface area contributed by atoms with E-state index < -0.39 is 0 Å². The summed E-state index contributed by atoms with van der Waals surface area (Å²) >= 11 is 0. The zero-order valence-electron chi connectivity index (χ0n) is 14.7. The lowest BCUT2D eigenvalue weighted by molar-refractivity contribution is -0.118. The molecule has 0 aliphatic carbocycles. The molecule has 2 aromatic rings. The van der Waals surface area contributed by atoms with Crippen LogP contribution >= 0.6 is 0 Å². The Labute approximate surface area is 146 Å². The third-order valence-corrected chi connectivity index (χ3v) is 3.62. The summed E-state index contributed by atoms with van der Waals surface area (Å²) < 4.78 is 15.9. The van der Waals surface area contributed by atoms with E-state index in [1.54, 1.807) is 43.5 Å². The number of rotatable bonds is 7. The molecule has 1 N–H and O–H groups in total. The molecule has 132 valence electrons. The molecule has 6 nitrogen and oxygen atoms in total. The summed E-state index contributed by atoms with van der Waals surface area (Å²) in [6.45, 7) is 3.16. The number of nitrogens with one attached hydrogen (secondary N) is 1. The van der Waals surface area contributed by atoms with Crippen molar-refractivity contribution in [2.45, 2.75) is 13.8 Å². The van der Waals surface area contributed by atoms with Gasteiger partial charge in [-0.3, -0.25) is 9.59 Å². The third kappa shape index (κ3) is 4.73. The van der Waals surface area contributed by atoms with E-state index in [1.165, 1.54) is 14.0 Å². The molecule has 0 saturated heterocycles. The summed E-state index contributed by atoms with van der Waals surface area (Å²) in [5, 5.41) is 2.78. The van der Waals surface area contributed by atoms with Crippen LogP contribution in [0.15, 0.2) is 36.4 Å². The van der Waals surface area contributed by atoms with Gasteiger partial charge in [-0.15, -0.1) is 0 Å². The number of carbonyl (C=O) groups is 2. The van der Waals surface area contributed by atoms with Crippen LogP contribution in [0.1, 0.15) is 22.8 Å². The highest BCUT2D eigenvalue weighted by atomic mass is 16.5. The smallest absolute Gasteiger partial charge is 0.262 e. The quantitative estimate of drug-likeness (QED) is 0.781. The van der Waals surface area contributed by atoms with Gasteiger partial charge in [0.25, 0.3) is 5.91 Å². The van der Waals surface area contributed by atoms with Crippen LogP contribution in [0.3, 0.4) is 0 Å². The van der Waals surface area contributed by atoms with Crippen molar-refractivity contribution < 1.29 is 23.8 Å². The summed E-state index contributed by atoms with van der Waals surface area (Å²) in [6, 6.07) is 10.2. The molecule has 1 amide bonds. The number of hydrogen-bond donors (Lipinski definition) is 1. The number of ether oxygens (including phenoxy) is 3. The molecular formula is C19H21NO5. The fraction of sp³-hybridized carbons (Fsp3) is 0.263. The molecule has 0 heterocycles. The number of Topliss-reactive ketones (excluding diaryl/α,β-unsaturated/α-hetero) is 1. The monoisotopic (exact) mass is 343 g/mol. The van der Waals surface area contributed by atoms with Crippen LogP contribution in [0.25, 0.3) is 0 Å². The highest BCUT2D eigenvalue weighted by Crippen LogP contribution is 2.32. The number of amides is 1. The Balaban J connectivity index is 2.03. The van der Waals surface area contributed by atoms with Crippen LogP contribution in [-0.2, 0) is 4.79 Å². The highest BCUT2D eigenvalue weighted by molar-refractivity contribution is 5.95. The van der Waals surface area contributed by atoms with E-state index in [0.717, 1.165) is 5.56 Å². The summed E-state index contributed by atoms with van der Waals surface area (Å²) in [6.07, 6.45) is 0. The first-order valence-electron chi connectivity index (χ1n) is 7.71. The Morgan fingerprint density at radius 2 is 1.72 bits per heavy atom. The molecule has 0 spiro atoms. The molecule has 0 aromatic heterocycles. The van der Waals surface area contributed by atoms with Crippen LogP contribution in [0.4, 0.5) is 5.69 Å². The summed E-state index contributed by atoms with van der Waals surface area (Å²) in [5.74, 6) is 1.21. The number of hydrogen-bond acceptors (Lipinski definition) is 5. The molecule has 0 bridgehead atoms. The van der Waals surface area contributed by atoms with Crippen LogP contribution in [-0.4, -0.2) is 32.5 Å². The molecule has 0 aliphatic rings. The molecule has 0 aliphatic heterocycles. The number of anilines is 1. The maximum atomic E-state index is 12.1. The normalized spacial score (nSPS) is 10.1. The second-order valence-corrected chi connectivity index (χ2v) is 5.44. The second kappa shape index (κ2) is 8.19. The Morgan fingerprint density at radius 1 is 1.04 bits per heavy atom. The third-order valence-electron chi connectivity index (χ3n) is 3.62. The van der Waals surface area contributed by atoms with E-state index in [1.807, 2.05) is 6.92 Å². The standard InChI is InChI=1S/C19H21NO5/c1-12-8-17(23-3)18(24-4)10-16(12)20-19(22)11-25-15-7-5-6-14(9-15)13(2)21/h5-10H,11H2,1-4H3,(H,20,22). The van der Waals surface area contributed by atoms with E-state index in [4.69, 9.17) is 14.2 Å². The van der Waals surface area contributed by atoms with Gasteiger partial charge in [0.15, 0.2) is 23.9 Å². The van der Waals surface area contributed by atoms with Gasteiger partial charge in [-0.25, -0.2) is 0 Å². The lowest BCUT2D eigenvalue weighted by Crippen LogP contribution is -2.20. The summed E-state index contributed by atoms with van der Waals surface area (Å²) in [4.78, 5) is 23.5. The van der Waals surface area contributed by atoms with Crippen LogP contribution in [0, 0.1) is 6.92 Å². The van der Waals surface area contributed by atoms with Crippen LogP contribution in [0.5, 0.6) is 17.2 Å². The first-order valence-corrected chi connectivity index (χ1v) is 7.71. The van der Waals surface area contributed by atoms with E-state index in [-0.39, 0.29) is 18.3 Å². The van der Waals surface area contributed by atoms with Crippen molar-refractivity contribution in [3.63, 3.8) is 0 Å². The average molecular weight is 343 g/mol. The zero-order valence-corrected chi connectivity index (χ0v) is 14.7. The topological polar surface area (TPSA) is 73.9 Å². The van der Waals surface area contributed by atoms with Crippen molar-refractivity contribution in [1.82, 2.24) is 0 Å². The molecule has 2 rings (SSSR count). The zero-order chi connectivity index (χ0) is 18.4. The molecule has 0 atom stereocenters. The predicted molar refractivity (Wildman–Crippen MR) is 94.9 cm³/mol. The maximum Gasteiger partial charge on any atom is 0.262 e. The van der Waals surface area contributed by atoms with Gasteiger partial charge in [0.1, 0.15) is 5.75 Å². The maximum absolute atomic E-state index is 12.1. The molecule has 0 unspecified atom stereocenters. The molecule has 0 saturated carbocycles. The molecule has 0 radical (unpaired) electrons. The van der Waals surface area contributed by atoms with Crippen LogP contribution in [0.2, 0.25) is 0 Å². The van der Waals surface area contributed by atoms with E-state index in [2.05, 4.69) is 5.32 Å². The van der Waals surface area contributed by atoms with Crippen molar-refractivity contribution in [3.8, 4) is 17.2 Å². The fourth-order valence-electron chi connectivity index (χ4n) is 2.26. The number of ketones is 1. The van der Waals surface area contributed by atoms with E-state index in [0.29, 0.717) is 28.5 Å². The van der Waals surface area contributed by atoms with Gasteiger partial charge in [0.2, 0.25) is 0 Å². The first kappa shape index (κ1) is 18.3. The lowest BCUT2D eigenvalue weighted by Gasteiger charge is -2.14. The lowest BCUT2D eigenvalue weighted by atomic mass is 10.1. The molecule has 25 heavy (non-hydrogen) atoms. The van der Waals surface area contributed by atoms with Gasteiger partial charge in [0.05, 0.1) is 14.2 Å². The molecule has 6 heteroatoms. The average Bonchev–Trinajstić information content (AvgIpc) is 2.61. The van der Waals surface area contributed by atoms with Gasteiger partial charge in [0, 0.05) is 17.3 Å².